The molecule has 0 aliphatic heterocycles. The zero-order valence-corrected chi connectivity index (χ0v) is 13.9. The standard InChI is InChI=1S/C22H15N3O/c23-16-18-8-12-20(13-9-18)24-15-3-4-17-6-10-19(11-7-17)22(26)21-5-1-2-14-25-21/h1-2,5-14,24H,15H2. The molecule has 1 N–H and O–H groups in total. The Morgan fingerprint density at radius 3 is 2.35 bits per heavy atom. The number of hydrogen-bond donors (Lipinski definition) is 1. The first-order chi connectivity index (χ1) is 12.8. The van der Waals surface area contributed by atoms with E-state index in [9.17, 15) is 4.79 Å². The van der Waals surface area contributed by atoms with Crippen molar-refractivity contribution in [1.82, 2.24) is 4.98 Å². The van der Waals surface area contributed by atoms with Gasteiger partial charge in [0.05, 0.1) is 18.2 Å². The van der Waals surface area contributed by atoms with Crippen molar-refractivity contribution in [3.05, 3.63) is 95.3 Å². The summed E-state index contributed by atoms with van der Waals surface area (Å²) in [6, 6.07) is 21.7. The molecule has 4 nitrogen and oxygen atoms in total. The van der Waals surface area contributed by atoms with Gasteiger partial charge in [0.1, 0.15) is 5.69 Å². The number of rotatable bonds is 4. The molecule has 3 rings (SSSR count). The second-order valence-electron chi connectivity index (χ2n) is 5.47. The molecule has 0 bridgehead atoms. The fraction of sp³-hybridized carbons (Fsp3) is 0.0455. The second kappa shape index (κ2) is 8.28. The zero-order chi connectivity index (χ0) is 18.2. The van der Waals surface area contributed by atoms with Crippen LogP contribution in [0, 0.1) is 23.2 Å². The summed E-state index contributed by atoms with van der Waals surface area (Å²) in [6.07, 6.45) is 1.61. The van der Waals surface area contributed by atoms with Crippen molar-refractivity contribution in [2.24, 2.45) is 0 Å². The Labute approximate surface area is 152 Å². The van der Waals surface area contributed by atoms with Crippen LogP contribution >= 0.6 is 0 Å². The van der Waals surface area contributed by atoms with Crippen molar-refractivity contribution in [2.45, 2.75) is 0 Å². The Hall–Kier alpha value is -3.89. The number of ketones is 1. The summed E-state index contributed by atoms with van der Waals surface area (Å²) in [5.41, 5.74) is 3.39. The van der Waals surface area contributed by atoms with E-state index in [-0.39, 0.29) is 5.78 Å². The van der Waals surface area contributed by atoms with Crippen molar-refractivity contribution in [1.29, 1.82) is 5.26 Å². The summed E-state index contributed by atoms with van der Waals surface area (Å²) >= 11 is 0. The SMILES string of the molecule is N#Cc1ccc(NCC#Cc2ccc(C(=O)c3ccccn3)cc2)cc1. The lowest BCUT2D eigenvalue weighted by Gasteiger charge is -2.01. The van der Waals surface area contributed by atoms with Crippen molar-refractivity contribution in [3.63, 3.8) is 0 Å². The topological polar surface area (TPSA) is 65.8 Å². The lowest BCUT2D eigenvalue weighted by Crippen LogP contribution is -2.03. The third-order valence-corrected chi connectivity index (χ3v) is 3.67. The van der Waals surface area contributed by atoms with Crippen LogP contribution in [0.15, 0.2) is 72.9 Å². The summed E-state index contributed by atoms with van der Waals surface area (Å²) in [5, 5.41) is 11.9. The highest BCUT2D eigenvalue weighted by molar-refractivity contribution is 6.07. The van der Waals surface area contributed by atoms with Crippen molar-refractivity contribution >= 4 is 11.5 Å². The molecule has 0 fully saturated rings. The Bertz CT molecular complexity index is 990. The van der Waals surface area contributed by atoms with Gasteiger partial charge in [0.15, 0.2) is 0 Å². The minimum Gasteiger partial charge on any atom is -0.374 e. The minimum atomic E-state index is -0.104. The fourth-order valence-corrected chi connectivity index (χ4v) is 2.31. The van der Waals surface area contributed by atoms with E-state index in [4.69, 9.17) is 5.26 Å². The molecule has 1 aromatic heterocycles. The molecular formula is C22H15N3O. The maximum atomic E-state index is 12.3. The molecule has 124 valence electrons. The Balaban J connectivity index is 1.58. The van der Waals surface area contributed by atoms with Gasteiger partial charge in [0, 0.05) is 23.0 Å². The van der Waals surface area contributed by atoms with Gasteiger partial charge in [-0.15, -0.1) is 0 Å². The quantitative estimate of drug-likeness (QED) is 0.583. The highest BCUT2D eigenvalue weighted by atomic mass is 16.1. The second-order valence-corrected chi connectivity index (χ2v) is 5.47. The van der Waals surface area contributed by atoms with Gasteiger partial charge in [-0.25, -0.2) is 0 Å². The summed E-state index contributed by atoms with van der Waals surface area (Å²) in [4.78, 5) is 16.4. The molecule has 2 aromatic carbocycles. The van der Waals surface area contributed by atoms with Crippen molar-refractivity contribution < 1.29 is 4.79 Å². The number of pyridine rings is 1. The maximum Gasteiger partial charge on any atom is 0.211 e. The van der Waals surface area contributed by atoms with Gasteiger partial charge in [0.2, 0.25) is 5.78 Å². The normalized spacial score (nSPS) is 9.50. The highest BCUT2D eigenvalue weighted by Gasteiger charge is 2.08. The van der Waals surface area contributed by atoms with E-state index in [1.165, 1.54) is 0 Å². The summed E-state index contributed by atoms with van der Waals surface area (Å²) in [5.74, 6) is 5.98. The van der Waals surface area contributed by atoms with Crippen molar-refractivity contribution in [3.8, 4) is 17.9 Å². The van der Waals surface area contributed by atoms with Crippen LogP contribution in [0.2, 0.25) is 0 Å². The van der Waals surface area contributed by atoms with Crippen LogP contribution in [0.5, 0.6) is 0 Å². The molecule has 0 saturated heterocycles. The van der Waals surface area contributed by atoms with Crippen LogP contribution < -0.4 is 5.32 Å². The average Bonchev–Trinajstić information content (AvgIpc) is 2.72. The van der Waals surface area contributed by atoms with Gasteiger partial charge >= 0.3 is 0 Å². The predicted octanol–water partition coefficient (Wildman–Crippen LogP) is 3.65. The first kappa shape index (κ1) is 17.0. The van der Waals surface area contributed by atoms with E-state index >= 15 is 0 Å². The lowest BCUT2D eigenvalue weighted by molar-refractivity contribution is 0.103. The molecule has 0 unspecified atom stereocenters. The fourth-order valence-electron chi connectivity index (χ4n) is 2.31. The molecule has 0 atom stereocenters. The van der Waals surface area contributed by atoms with Gasteiger partial charge < -0.3 is 5.32 Å². The molecule has 3 aromatic rings. The van der Waals surface area contributed by atoms with Crippen molar-refractivity contribution in [2.75, 3.05) is 11.9 Å². The smallest absolute Gasteiger partial charge is 0.211 e. The van der Waals surface area contributed by atoms with E-state index < -0.39 is 0 Å². The molecule has 0 spiro atoms. The Kier molecular flexibility index (Phi) is 5.40. The Morgan fingerprint density at radius 2 is 1.69 bits per heavy atom. The molecule has 0 saturated carbocycles. The van der Waals surface area contributed by atoms with Gasteiger partial charge in [-0.3, -0.25) is 9.78 Å². The number of carbonyl (C=O) groups is 1. The number of nitriles is 1. The van der Waals surface area contributed by atoms with Crippen LogP contribution in [0.3, 0.4) is 0 Å². The highest BCUT2D eigenvalue weighted by Crippen LogP contribution is 2.10. The molecule has 26 heavy (non-hydrogen) atoms. The van der Waals surface area contributed by atoms with Crippen LogP contribution in [0.1, 0.15) is 27.2 Å². The zero-order valence-electron chi connectivity index (χ0n) is 13.9. The first-order valence-electron chi connectivity index (χ1n) is 8.05. The number of benzene rings is 2. The van der Waals surface area contributed by atoms with Gasteiger partial charge in [-0.2, -0.15) is 5.26 Å². The third-order valence-electron chi connectivity index (χ3n) is 3.67. The molecule has 0 amide bonds. The number of nitrogens with zero attached hydrogens (tertiary/aromatic N) is 2. The van der Waals surface area contributed by atoms with E-state index in [1.807, 2.05) is 24.3 Å². The van der Waals surface area contributed by atoms with Gasteiger partial charge in [-0.05, 0) is 60.7 Å². The van der Waals surface area contributed by atoms with E-state index in [0.717, 1.165) is 11.3 Å². The molecule has 0 radical (unpaired) electrons. The van der Waals surface area contributed by atoms with Crippen LogP contribution in [-0.4, -0.2) is 17.3 Å². The van der Waals surface area contributed by atoms with Crippen LogP contribution in [0.25, 0.3) is 0 Å². The largest absolute Gasteiger partial charge is 0.374 e. The lowest BCUT2D eigenvalue weighted by atomic mass is 10.1. The predicted molar refractivity (Wildman–Crippen MR) is 101 cm³/mol. The number of nitrogens with one attached hydrogen (secondary N) is 1. The summed E-state index contributed by atoms with van der Waals surface area (Å²) < 4.78 is 0. The number of carbonyl (C=O) groups excluding carboxylic acids is 1. The maximum absolute atomic E-state index is 12.3. The average molecular weight is 337 g/mol. The number of anilines is 1. The van der Waals surface area contributed by atoms with E-state index in [0.29, 0.717) is 23.4 Å². The molecule has 0 aliphatic carbocycles. The third kappa shape index (κ3) is 4.35. The minimum absolute atomic E-state index is 0.104. The molecule has 0 aliphatic rings. The number of hydrogen-bond acceptors (Lipinski definition) is 4. The number of aromatic nitrogens is 1. The Morgan fingerprint density at radius 1 is 0.962 bits per heavy atom. The van der Waals surface area contributed by atoms with E-state index in [2.05, 4.69) is 28.2 Å². The van der Waals surface area contributed by atoms with Crippen LogP contribution in [0.4, 0.5) is 5.69 Å². The summed E-state index contributed by atoms with van der Waals surface area (Å²) in [6.45, 7) is 0.487. The van der Waals surface area contributed by atoms with Gasteiger partial charge in [0.25, 0.3) is 0 Å². The summed E-state index contributed by atoms with van der Waals surface area (Å²) in [7, 11) is 0. The van der Waals surface area contributed by atoms with E-state index in [1.54, 1.807) is 48.7 Å². The molecule has 4 heteroatoms. The van der Waals surface area contributed by atoms with Crippen LogP contribution in [-0.2, 0) is 0 Å². The monoisotopic (exact) mass is 337 g/mol. The molecule has 1 heterocycles. The molecular weight excluding hydrogens is 322 g/mol. The first-order valence-corrected chi connectivity index (χ1v) is 8.05. The van der Waals surface area contributed by atoms with Gasteiger partial charge in [-0.1, -0.05) is 17.9 Å².